The van der Waals surface area contributed by atoms with Crippen molar-refractivity contribution >= 4 is 5.91 Å². The van der Waals surface area contributed by atoms with E-state index in [-0.39, 0.29) is 11.9 Å². The molecule has 1 fully saturated rings. The van der Waals surface area contributed by atoms with Gasteiger partial charge in [-0.25, -0.2) is 0 Å². The van der Waals surface area contributed by atoms with Crippen molar-refractivity contribution in [2.45, 2.75) is 38.3 Å². The number of hydrogen-bond acceptors (Lipinski definition) is 3. The highest BCUT2D eigenvalue weighted by atomic mass is 16.5. The quantitative estimate of drug-likeness (QED) is 0.790. The van der Waals surface area contributed by atoms with Crippen LogP contribution in [0.3, 0.4) is 0 Å². The van der Waals surface area contributed by atoms with E-state index in [2.05, 4.69) is 17.6 Å². The molecule has 1 aliphatic rings. The molecule has 0 heterocycles. The van der Waals surface area contributed by atoms with Crippen LogP contribution in [0, 0.1) is 0 Å². The molecule has 1 aromatic carbocycles. The zero-order valence-electron chi connectivity index (χ0n) is 11.6. The molecule has 2 N–H and O–H groups in total. The summed E-state index contributed by atoms with van der Waals surface area (Å²) >= 11 is 0. The first-order chi connectivity index (χ1) is 9.20. The van der Waals surface area contributed by atoms with Gasteiger partial charge in [-0.2, -0.15) is 0 Å². The maximum Gasteiger partial charge on any atom is 0.221 e. The maximum absolute atomic E-state index is 11.6. The van der Waals surface area contributed by atoms with E-state index in [1.165, 1.54) is 0 Å². The number of rotatable bonds is 7. The van der Waals surface area contributed by atoms with E-state index in [0.717, 1.165) is 24.2 Å². The zero-order chi connectivity index (χ0) is 13.7. The average Bonchev–Trinajstić information content (AvgIpc) is 3.22. The molecule has 0 spiro atoms. The Hall–Kier alpha value is -1.55. The lowest BCUT2D eigenvalue weighted by molar-refractivity contribution is -0.121. The van der Waals surface area contributed by atoms with E-state index in [9.17, 15) is 4.79 Å². The molecule has 1 amide bonds. The van der Waals surface area contributed by atoms with Gasteiger partial charge in [0.25, 0.3) is 0 Å². The Balaban J connectivity index is 1.76. The molecule has 19 heavy (non-hydrogen) atoms. The number of methoxy groups -OCH3 is 1. The minimum absolute atomic E-state index is 0.141. The molecule has 0 aromatic heterocycles. The summed E-state index contributed by atoms with van der Waals surface area (Å²) < 4.78 is 5.34. The number of carbonyl (C=O) groups excluding carboxylic acids is 1. The van der Waals surface area contributed by atoms with E-state index >= 15 is 0 Å². The Morgan fingerprint density at radius 2 is 2.16 bits per heavy atom. The molecular formula is C15H22N2O2. The third kappa shape index (κ3) is 4.24. The van der Waals surface area contributed by atoms with Crippen LogP contribution in [0.2, 0.25) is 0 Å². The van der Waals surface area contributed by atoms with Crippen LogP contribution in [-0.4, -0.2) is 25.6 Å². The van der Waals surface area contributed by atoms with Crippen molar-refractivity contribution in [2.75, 3.05) is 13.7 Å². The van der Waals surface area contributed by atoms with Crippen LogP contribution in [-0.2, 0) is 4.79 Å². The molecule has 1 aliphatic carbocycles. The molecule has 104 valence electrons. The molecule has 1 atom stereocenters. The summed E-state index contributed by atoms with van der Waals surface area (Å²) in [6, 6.07) is 8.56. The smallest absolute Gasteiger partial charge is 0.221 e. The van der Waals surface area contributed by atoms with Crippen LogP contribution in [0.4, 0.5) is 0 Å². The van der Waals surface area contributed by atoms with Gasteiger partial charge in [0.15, 0.2) is 0 Å². The van der Waals surface area contributed by atoms with Gasteiger partial charge < -0.3 is 15.4 Å². The highest BCUT2D eigenvalue weighted by Gasteiger charge is 2.22. The minimum atomic E-state index is 0.141. The number of ether oxygens (including phenoxy) is 1. The van der Waals surface area contributed by atoms with Gasteiger partial charge >= 0.3 is 0 Å². The second-order valence-electron chi connectivity index (χ2n) is 5.01. The maximum atomic E-state index is 11.6. The summed E-state index contributed by atoms with van der Waals surface area (Å²) in [6.07, 6.45) is 2.80. The van der Waals surface area contributed by atoms with E-state index in [1.54, 1.807) is 7.11 Å². The standard InChI is InChI=1S/C15H22N2O2/c1-11(13-5-3-4-6-14(13)19-2)16-10-9-15(18)17-12-7-8-12/h3-6,11-12,16H,7-10H2,1-2H3,(H,17,18)/t11-/m1/s1. The van der Waals surface area contributed by atoms with Crippen molar-refractivity contribution in [1.29, 1.82) is 0 Å². The van der Waals surface area contributed by atoms with Crippen LogP contribution in [0.5, 0.6) is 5.75 Å². The van der Waals surface area contributed by atoms with E-state index in [0.29, 0.717) is 19.0 Å². The third-order valence-electron chi connectivity index (χ3n) is 3.35. The normalized spacial score (nSPS) is 15.9. The number of nitrogens with one attached hydrogen (secondary N) is 2. The molecule has 1 aromatic rings. The Labute approximate surface area is 114 Å². The Bertz CT molecular complexity index is 430. The molecule has 0 radical (unpaired) electrons. The van der Waals surface area contributed by atoms with Gasteiger partial charge in [0.2, 0.25) is 5.91 Å². The Kier molecular flexibility index (Phi) is 4.80. The molecule has 0 bridgehead atoms. The summed E-state index contributed by atoms with van der Waals surface area (Å²) in [5.74, 6) is 1.02. The largest absolute Gasteiger partial charge is 0.496 e. The molecule has 4 heteroatoms. The van der Waals surface area contributed by atoms with Gasteiger partial charge in [0, 0.05) is 30.6 Å². The Morgan fingerprint density at radius 3 is 2.84 bits per heavy atom. The highest BCUT2D eigenvalue weighted by Crippen LogP contribution is 2.24. The fourth-order valence-electron chi connectivity index (χ4n) is 2.06. The molecule has 4 nitrogen and oxygen atoms in total. The minimum Gasteiger partial charge on any atom is -0.496 e. The molecule has 2 rings (SSSR count). The second kappa shape index (κ2) is 6.57. The monoisotopic (exact) mass is 262 g/mol. The van der Waals surface area contributed by atoms with Crippen molar-refractivity contribution in [1.82, 2.24) is 10.6 Å². The van der Waals surface area contributed by atoms with Gasteiger partial charge in [-0.15, -0.1) is 0 Å². The molecule has 0 aliphatic heterocycles. The lowest BCUT2D eigenvalue weighted by Gasteiger charge is -2.17. The van der Waals surface area contributed by atoms with Gasteiger partial charge in [0.1, 0.15) is 5.75 Å². The lowest BCUT2D eigenvalue weighted by Crippen LogP contribution is -2.30. The first-order valence-corrected chi connectivity index (χ1v) is 6.86. The highest BCUT2D eigenvalue weighted by molar-refractivity contribution is 5.76. The van der Waals surface area contributed by atoms with Crippen molar-refractivity contribution in [3.63, 3.8) is 0 Å². The summed E-state index contributed by atoms with van der Waals surface area (Å²) in [5, 5.41) is 6.34. The van der Waals surface area contributed by atoms with Gasteiger partial charge in [0.05, 0.1) is 7.11 Å². The van der Waals surface area contributed by atoms with Crippen LogP contribution in [0.25, 0.3) is 0 Å². The van der Waals surface area contributed by atoms with Crippen molar-refractivity contribution in [3.05, 3.63) is 29.8 Å². The first-order valence-electron chi connectivity index (χ1n) is 6.86. The fraction of sp³-hybridized carbons (Fsp3) is 0.533. The number of carbonyl (C=O) groups is 1. The number of hydrogen-bond donors (Lipinski definition) is 2. The van der Waals surface area contributed by atoms with E-state index in [1.807, 2.05) is 24.3 Å². The summed E-state index contributed by atoms with van der Waals surface area (Å²) in [4.78, 5) is 11.6. The predicted octanol–water partition coefficient (Wildman–Crippen LogP) is 2.01. The zero-order valence-corrected chi connectivity index (χ0v) is 11.6. The van der Waals surface area contributed by atoms with Crippen LogP contribution in [0.1, 0.15) is 37.8 Å². The van der Waals surface area contributed by atoms with Crippen LogP contribution in [0.15, 0.2) is 24.3 Å². The van der Waals surface area contributed by atoms with Crippen molar-refractivity contribution < 1.29 is 9.53 Å². The number of para-hydroxylation sites is 1. The summed E-state index contributed by atoms with van der Waals surface area (Å²) in [5.41, 5.74) is 1.12. The predicted molar refractivity (Wildman–Crippen MR) is 75.2 cm³/mol. The Morgan fingerprint density at radius 1 is 1.42 bits per heavy atom. The van der Waals surface area contributed by atoms with E-state index in [4.69, 9.17) is 4.74 Å². The molecule has 0 unspecified atom stereocenters. The van der Waals surface area contributed by atoms with Gasteiger partial charge in [-0.05, 0) is 25.8 Å². The van der Waals surface area contributed by atoms with Crippen molar-refractivity contribution in [2.24, 2.45) is 0 Å². The SMILES string of the molecule is COc1ccccc1[C@@H](C)NCCC(=O)NC1CC1. The topological polar surface area (TPSA) is 50.4 Å². The van der Waals surface area contributed by atoms with Gasteiger partial charge in [-0.1, -0.05) is 18.2 Å². The molecule has 1 saturated carbocycles. The summed E-state index contributed by atoms with van der Waals surface area (Å²) in [7, 11) is 1.68. The van der Waals surface area contributed by atoms with Crippen LogP contribution < -0.4 is 15.4 Å². The van der Waals surface area contributed by atoms with Gasteiger partial charge in [-0.3, -0.25) is 4.79 Å². The fourth-order valence-corrected chi connectivity index (χ4v) is 2.06. The average molecular weight is 262 g/mol. The number of benzene rings is 1. The second-order valence-corrected chi connectivity index (χ2v) is 5.01. The number of amides is 1. The van der Waals surface area contributed by atoms with Crippen LogP contribution >= 0.6 is 0 Å². The summed E-state index contributed by atoms with van der Waals surface area (Å²) in [6.45, 7) is 2.76. The van der Waals surface area contributed by atoms with E-state index < -0.39 is 0 Å². The molecule has 0 saturated heterocycles. The first kappa shape index (κ1) is 13.9. The molecular weight excluding hydrogens is 240 g/mol. The van der Waals surface area contributed by atoms with Crippen molar-refractivity contribution in [3.8, 4) is 5.75 Å². The third-order valence-corrected chi connectivity index (χ3v) is 3.35. The lowest BCUT2D eigenvalue weighted by atomic mass is 10.1.